The number of benzene rings is 3. The van der Waals surface area contributed by atoms with E-state index in [1.165, 1.54) is 5.56 Å². The molecule has 4 aromatic rings. The highest BCUT2D eigenvalue weighted by molar-refractivity contribution is 6.14. The molecule has 1 heterocycles. The van der Waals surface area contributed by atoms with Crippen molar-refractivity contribution in [1.29, 1.82) is 0 Å². The third kappa shape index (κ3) is 4.16. The smallest absolute Gasteiger partial charge is 0.256 e. The van der Waals surface area contributed by atoms with E-state index < -0.39 is 0 Å². The van der Waals surface area contributed by atoms with Crippen molar-refractivity contribution in [3.63, 3.8) is 0 Å². The first-order valence-electron chi connectivity index (χ1n) is 11.3. The summed E-state index contributed by atoms with van der Waals surface area (Å²) in [6.45, 7) is 10.4. The lowest BCUT2D eigenvalue weighted by Gasteiger charge is -2.17. The van der Waals surface area contributed by atoms with Crippen LogP contribution < -0.4 is 5.32 Å². The lowest BCUT2D eigenvalue weighted by molar-refractivity contribution is 0.102. The van der Waals surface area contributed by atoms with Crippen LogP contribution in [0.5, 0.6) is 0 Å². The van der Waals surface area contributed by atoms with Gasteiger partial charge in [-0.2, -0.15) is 0 Å². The van der Waals surface area contributed by atoms with Crippen molar-refractivity contribution in [3.05, 3.63) is 94.0 Å². The first kappa shape index (κ1) is 21.8. The second-order valence-electron chi connectivity index (χ2n) is 8.51. The van der Waals surface area contributed by atoms with Crippen molar-refractivity contribution in [3.8, 4) is 11.3 Å². The standard InChI is InChI=1S/C29H30N2O/c1-6-21-9-8-10-22(7-2)28(21)31-29(32)25-17-26(23-13-11-18(3)12-14-23)30-27-20(5)15-19(4)16-24(25)27/h8-17H,6-7H2,1-5H3,(H,31,32). The molecule has 0 atom stereocenters. The summed E-state index contributed by atoms with van der Waals surface area (Å²) in [4.78, 5) is 18.6. The molecule has 1 amide bonds. The molecule has 0 spiro atoms. The summed E-state index contributed by atoms with van der Waals surface area (Å²) in [6.07, 6.45) is 1.74. The fourth-order valence-corrected chi connectivity index (χ4v) is 4.32. The Kier molecular flexibility index (Phi) is 6.09. The number of fused-ring (bicyclic) bond motifs is 1. The van der Waals surface area contributed by atoms with Gasteiger partial charge in [-0.05, 0) is 62.4 Å². The first-order chi connectivity index (χ1) is 15.4. The maximum atomic E-state index is 13.7. The van der Waals surface area contributed by atoms with Crippen LogP contribution in [-0.2, 0) is 12.8 Å². The van der Waals surface area contributed by atoms with E-state index in [-0.39, 0.29) is 5.91 Å². The molecule has 1 N–H and O–H groups in total. The lowest BCUT2D eigenvalue weighted by Crippen LogP contribution is -2.16. The van der Waals surface area contributed by atoms with Crippen molar-refractivity contribution in [1.82, 2.24) is 4.98 Å². The van der Waals surface area contributed by atoms with Gasteiger partial charge in [-0.1, -0.05) is 73.5 Å². The summed E-state index contributed by atoms with van der Waals surface area (Å²) >= 11 is 0. The van der Waals surface area contributed by atoms with Crippen molar-refractivity contribution >= 4 is 22.5 Å². The molecule has 0 radical (unpaired) electrons. The van der Waals surface area contributed by atoms with E-state index in [0.717, 1.165) is 62.9 Å². The maximum Gasteiger partial charge on any atom is 0.256 e. The number of para-hydroxylation sites is 1. The highest BCUT2D eigenvalue weighted by Gasteiger charge is 2.18. The van der Waals surface area contributed by atoms with E-state index in [0.29, 0.717) is 5.56 Å². The minimum absolute atomic E-state index is 0.0913. The average Bonchev–Trinajstić information content (AvgIpc) is 2.79. The van der Waals surface area contributed by atoms with Gasteiger partial charge in [0.2, 0.25) is 0 Å². The number of anilines is 1. The van der Waals surface area contributed by atoms with E-state index >= 15 is 0 Å². The Morgan fingerprint density at radius 3 is 2.12 bits per heavy atom. The zero-order valence-electron chi connectivity index (χ0n) is 19.5. The average molecular weight is 423 g/mol. The van der Waals surface area contributed by atoms with Crippen LogP contribution in [0.1, 0.15) is 52.0 Å². The summed E-state index contributed by atoms with van der Waals surface area (Å²) in [7, 11) is 0. The number of rotatable bonds is 5. The molecule has 0 bridgehead atoms. The highest BCUT2D eigenvalue weighted by atomic mass is 16.1. The van der Waals surface area contributed by atoms with Crippen LogP contribution in [0, 0.1) is 20.8 Å². The quantitative estimate of drug-likeness (QED) is 0.369. The van der Waals surface area contributed by atoms with Gasteiger partial charge < -0.3 is 5.32 Å². The molecule has 0 aliphatic rings. The monoisotopic (exact) mass is 422 g/mol. The van der Waals surface area contributed by atoms with Gasteiger partial charge in [-0.25, -0.2) is 4.98 Å². The Bertz CT molecular complexity index is 1280. The van der Waals surface area contributed by atoms with Gasteiger partial charge in [-0.15, -0.1) is 0 Å². The topological polar surface area (TPSA) is 42.0 Å². The Morgan fingerprint density at radius 2 is 1.50 bits per heavy atom. The van der Waals surface area contributed by atoms with Crippen LogP contribution in [0.25, 0.3) is 22.2 Å². The Labute approximate surface area is 190 Å². The first-order valence-corrected chi connectivity index (χ1v) is 11.3. The highest BCUT2D eigenvalue weighted by Crippen LogP contribution is 2.30. The number of carbonyl (C=O) groups excluding carboxylic acids is 1. The van der Waals surface area contributed by atoms with Gasteiger partial charge in [-0.3, -0.25) is 4.79 Å². The normalized spacial score (nSPS) is 11.0. The fourth-order valence-electron chi connectivity index (χ4n) is 4.32. The van der Waals surface area contributed by atoms with Crippen molar-refractivity contribution in [2.45, 2.75) is 47.5 Å². The summed E-state index contributed by atoms with van der Waals surface area (Å²) in [5, 5.41) is 4.14. The molecule has 0 aliphatic heterocycles. The molecule has 0 aliphatic carbocycles. The van der Waals surface area contributed by atoms with Crippen LogP contribution >= 0.6 is 0 Å². The van der Waals surface area contributed by atoms with Gasteiger partial charge in [0.15, 0.2) is 0 Å². The third-order valence-corrected chi connectivity index (χ3v) is 6.08. The number of nitrogens with one attached hydrogen (secondary N) is 1. The van der Waals surface area contributed by atoms with Gasteiger partial charge >= 0.3 is 0 Å². The number of amides is 1. The molecule has 1 aromatic heterocycles. The molecule has 0 saturated carbocycles. The molecular weight excluding hydrogens is 392 g/mol. The van der Waals surface area contributed by atoms with Crippen LogP contribution in [0.4, 0.5) is 5.69 Å². The summed E-state index contributed by atoms with van der Waals surface area (Å²) in [5.74, 6) is -0.0913. The SMILES string of the molecule is CCc1cccc(CC)c1NC(=O)c1cc(-c2ccc(C)cc2)nc2c(C)cc(C)cc12. The zero-order chi connectivity index (χ0) is 22.8. The number of carbonyl (C=O) groups is 1. The van der Waals surface area contributed by atoms with Crippen LogP contribution in [0.2, 0.25) is 0 Å². The number of nitrogens with zero attached hydrogens (tertiary/aromatic N) is 1. The molecule has 0 saturated heterocycles. The Hall–Kier alpha value is -3.46. The molecule has 32 heavy (non-hydrogen) atoms. The van der Waals surface area contributed by atoms with E-state index in [4.69, 9.17) is 4.98 Å². The van der Waals surface area contributed by atoms with Gasteiger partial charge in [0.1, 0.15) is 0 Å². The molecule has 0 unspecified atom stereocenters. The van der Waals surface area contributed by atoms with Crippen molar-refractivity contribution in [2.75, 3.05) is 5.32 Å². The van der Waals surface area contributed by atoms with E-state index in [1.54, 1.807) is 0 Å². The lowest BCUT2D eigenvalue weighted by atomic mass is 9.98. The van der Waals surface area contributed by atoms with Crippen LogP contribution in [0.3, 0.4) is 0 Å². The number of aryl methyl sites for hydroxylation is 5. The van der Waals surface area contributed by atoms with Crippen molar-refractivity contribution < 1.29 is 4.79 Å². The molecular formula is C29H30N2O. The van der Waals surface area contributed by atoms with Gasteiger partial charge in [0.05, 0.1) is 16.8 Å². The van der Waals surface area contributed by atoms with E-state index in [9.17, 15) is 4.79 Å². The van der Waals surface area contributed by atoms with Crippen LogP contribution in [0.15, 0.2) is 60.7 Å². The fraction of sp³-hybridized carbons (Fsp3) is 0.241. The van der Waals surface area contributed by atoms with Crippen LogP contribution in [-0.4, -0.2) is 10.9 Å². The summed E-state index contributed by atoms with van der Waals surface area (Å²) in [5.41, 5.74) is 10.00. The number of hydrogen-bond donors (Lipinski definition) is 1. The summed E-state index contributed by atoms with van der Waals surface area (Å²) in [6, 6.07) is 20.7. The predicted molar refractivity (Wildman–Crippen MR) is 135 cm³/mol. The summed E-state index contributed by atoms with van der Waals surface area (Å²) < 4.78 is 0. The zero-order valence-corrected chi connectivity index (χ0v) is 19.5. The van der Waals surface area contributed by atoms with E-state index in [1.807, 2.05) is 6.07 Å². The molecule has 4 rings (SSSR count). The Morgan fingerprint density at radius 1 is 0.844 bits per heavy atom. The Balaban J connectivity index is 1.89. The second-order valence-corrected chi connectivity index (χ2v) is 8.51. The molecule has 3 heteroatoms. The van der Waals surface area contributed by atoms with Crippen molar-refractivity contribution in [2.24, 2.45) is 0 Å². The van der Waals surface area contributed by atoms with Gasteiger partial charge in [0.25, 0.3) is 5.91 Å². The number of hydrogen-bond acceptors (Lipinski definition) is 2. The third-order valence-electron chi connectivity index (χ3n) is 6.08. The number of pyridine rings is 1. The molecule has 3 nitrogen and oxygen atoms in total. The number of aromatic nitrogens is 1. The largest absolute Gasteiger partial charge is 0.321 e. The molecule has 3 aromatic carbocycles. The predicted octanol–water partition coefficient (Wildman–Crippen LogP) is 7.20. The molecule has 162 valence electrons. The molecule has 0 fully saturated rings. The van der Waals surface area contributed by atoms with Gasteiger partial charge in [0, 0.05) is 16.6 Å². The van der Waals surface area contributed by atoms with E-state index in [2.05, 4.69) is 94.5 Å². The second kappa shape index (κ2) is 8.96. The maximum absolute atomic E-state index is 13.7. The minimum atomic E-state index is -0.0913. The minimum Gasteiger partial charge on any atom is -0.321 e.